The second-order valence-electron chi connectivity index (χ2n) is 11.2. The number of likely N-dealkylation sites (tertiary alicyclic amines) is 1. The van der Waals surface area contributed by atoms with Crippen molar-refractivity contribution in [2.24, 2.45) is 7.05 Å². The summed E-state index contributed by atoms with van der Waals surface area (Å²) in [5.74, 6) is -0.0163. The highest BCUT2D eigenvalue weighted by atomic mass is 32.2. The molecule has 1 fully saturated rings. The fraction of sp³-hybridized carbons (Fsp3) is 0.355. The number of fused-ring (bicyclic) bond motifs is 1. The van der Waals surface area contributed by atoms with E-state index in [1.165, 1.54) is 30.5 Å². The van der Waals surface area contributed by atoms with Crippen LogP contribution in [-0.2, 0) is 17.1 Å². The number of anilines is 1. The van der Waals surface area contributed by atoms with Crippen LogP contribution in [0.3, 0.4) is 0 Å². The van der Waals surface area contributed by atoms with E-state index >= 15 is 0 Å². The Morgan fingerprint density at radius 2 is 1.74 bits per heavy atom. The number of carbonyl (C=O) groups excluding carboxylic acids is 1. The van der Waals surface area contributed by atoms with Crippen LogP contribution in [0.25, 0.3) is 21.2 Å². The monoisotopic (exact) mass is 629 g/mol. The number of benzene rings is 2. The average Bonchev–Trinajstić information content (AvgIpc) is 3.39. The molecule has 3 heterocycles. The largest absolute Gasteiger partial charge is 0.456 e. The molecule has 0 unspecified atom stereocenters. The molecular formula is C31H33F2N3O5S2. The molecule has 1 N–H and O–H groups in total. The van der Waals surface area contributed by atoms with Gasteiger partial charge in [-0.05, 0) is 88.1 Å². The Morgan fingerprint density at radius 1 is 1.09 bits per heavy atom. The molecule has 2 aromatic heterocycles. The summed E-state index contributed by atoms with van der Waals surface area (Å²) in [5.41, 5.74) is 0.809. The number of rotatable bonds is 7. The van der Waals surface area contributed by atoms with Crippen LogP contribution in [0, 0.1) is 19.7 Å². The number of halogens is 2. The first-order valence-corrected chi connectivity index (χ1v) is 16.4. The van der Waals surface area contributed by atoms with E-state index in [0.717, 1.165) is 11.3 Å². The van der Waals surface area contributed by atoms with Gasteiger partial charge in [-0.2, -0.15) is 0 Å². The minimum Gasteiger partial charge on any atom is -0.456 e. The van der Waals surface area contributed by atoms with E-state index in [-0.39, 0.29) is 48.8 Å². The highest BCUT2D eigenvalue weighted by Crippen LogP contribution is 2.42. The van der Waals surface area contributed by atoms with Crippen molar-refractivity contribution >= 4 is 43.0 Å². The van der Waals surface area contributed by atoms with Crippen molar-refractivity contribution in [3.63, 3.8) is 0 Å². The fourth-order valence-electron chi connectivity index (χ4n) is 5.19. The van der Waals surface area contributed by atoms with Crippen molar-refractivity contribution in [1.82, 2.24) is 9.47 Å². The van der Waals surface area contributed by atoms with E-state index in [0.29, 0.717) is 48.7 Å². The minimum absolute atomic E-state index is 0.132. The van der Waals surface area contributed by atoms with Crippen molar-refractivity contribution < 1.29 is 26.7 Å². The van der Waals surface area contributed by atoms with E-state index in [1.54, 1.807) is 56.3 Å². The lowest BCUT2D eigenvalue weighted by Crippen LogP contribution is -2.43. The predicted molar refractivity (Wildman–Crippen MR) is 166 cm³/mol. The molecule has 2 aromatic carbocycles. The highest BCUT2D eigenvalue weighted by molar-refractivity contribution is 7.92. The zero-order chi connectivity index (χ0) is 31.3. The van der Waals surface area contributed by atoms with Gasteiger partial charge in [0.2, 0.25) is 10.0 Å². The Hall–Kier alpha value is -3.77. The lowest BCUT2D eigenvalue weighted by Gasteiger charge is -2.33. The third-order valence-electron chi connectivity index (χ3n) is 7.71. The Kier molecular flexibility index (Phi) is 8.12. The molecule has 1 aliphatic heterocycles. The van der Waals surface area contributed by atoms with Gasteiger partial charge in [-0.25, -0.2) is 17.2 Å². The first-order chi connectivity index (χ1) is 20.2. The number of carbonyl (C=O) groups is 1. The number of nitrogens with zero attached hydrogens (tertiary/aromatic N) is 2. The smallest absolute Gasteiger partial charge is 0.263 e. The van der Waals surface area contributed by atoms with E-state index in [1.807, 2.05) is 0 Å². The lowest BCUT2D eigenvalue weighted by atomic mass is 9.95. The van der Waals surface area contributed by atoms with Crippen LogP contribution < -0.4 is 15.0 Å². The van der Waals surface area contributed by atoms with Gasteiger partial charge in [-0.3, -0.25) is 14.3 Å². The summed E-state index contributed by atoms with van der Waals surface area (Å²) >= 11 is 1.15. The fourth-order valence-corrected chi connectivity index (χ4v) is 6.97. The second kappa shape index (κ2) is 11.4. The van der Waals surface area contributed by atoms with Crippen molar-refractivity contribution in [2.75, 3.05) is 23.6 Å². The molecule has 228 valence electrons. The van der Waals surface area contributed by atoms with Crippen LogP contribution in [0.15, 0.2) is 47.4 Å². The standard InChI is InChI=1S/C31H33F2N3O5S2/c1-6-43(39,40)34-21-7-8-25(41-27-18(2)13-20(32)14-19(27)3)22(15-21)24-17-35(5)29(37)23-16-26(42-28(23)24)30(38)36-11-9-31(4,33)10-12-36/h7-8,13-17,34H,6,9-12H2,1-5H3. The maximum Gasteiger partial charge on any atom is 0.263 e. The van der Waals surface area contributed by atoms with E-state index in [2.05, 4.69) is 4.72 Å². The summed E-state index contributed by atoms with van der Waals surface area (Å²) in [6, 6.07) is 9.08. The highest BCUT2D eigenvalue weighted by Gasteiger charge is 2.32. The summed E-state index contributed by atoms with van der Waals surface area (Å²) in [6.45, 7) is 7.06. The van der Waals surface area contributed by atoms with E-state index < -0.39 is 21.5 Å². The van der Waals surface area contributed by atoms with Crippen LogP contribution in [0.5, 0.6) is 11.5 Å². The zero-order valence-corrected chi connectivity index (χ0v) is 26.2. The summed E-state index contributed by atoms with van der Waals surface area (Å²) in [5, 5.41) is 0.320. The van der Waals surface area contributed by atoms with Crippen molar-refractivity contribution in [2.45, 2.75) is 46.2 Å². The number of sulfonamides is 1. The van der Waals surface area contributed by atoms with Gasteiger partial charge in [0.15, 0.2) is 0 Å². The van der Waals surface area contributed by atoms with Crippen molar-refractivity contribution in [3.8, 4) is 22.6 Å². The van der Waals surface area contributed by atoms with Gasteiger partial charge < -0.3 is 14.2 Å². The van der Waals surface area contributed by atoms with E-state index in [9.17, 15) is 26.8 Å². The quantitative estimate of drug-likeness (QED) is 0.250. The Labute approximate surface area is 253 Å². The molecule has 8 nitrogen and oxygen atoms in total. The third-order valence-corrected chi connectivity index (χ3v) is 10.2. The Morgan fingerprint density at radius 3 is 2.37 bits per heavy atom. The molecular weight excluding hydrogens is 596 g/mol. The van der Waals surface area contributed by atoms with Gasteiger partial charge in [0.1, 0.15) is 23.0 Å². The number of thiophene rings is 1. The van der Waals surface area contributed by atoms with Gasteiger partial charge in [-0.15, -0.1) is 11.3 Å². The topological polar surface area (TPSA) is 97.7 Å². The number of ether oxygens (including phenoxy) is 1. The zero-order valence-electron chi connectivity index (χ0n) is 24.6. The van der Waals surface area contributed by atoms with Gasteiger partial charge in [-0.1, -0.05) is 0 Å². The molecule has 1 amide bonds. The number of hydrogen-bond acceptors (Lipinski definition) is 6. The molecule has 0 saturated carbocycles. The predicted octanol–water partition coefficient (Wildman–Crippen LogP) is 6.54. The molecule has 4 aromatic rings. The molecule has 0 radical (unpaired) electrons. The number of hydrogen-bond donors (Lipinski definition) is 1. The minimum atomic E-state index is -3.61. The van der Waals surface area contributed by atoms with Crippen LogP contribution in [0.2, 0.25) is 0 Å². The van der Waals surface area contributed by atoms with Crippen LogP contribution in [0.1, 0.15) is 47.5 Å². The number of piperidine rings is 1. The number of amides is 1. The first-order valence-electron chi connectivity index (χ1n) is 13.9. The van der Waals surface area contributed by atoms with Gasteiger partial charge in [0.25, 0.3) is 11.5 Å². The van der Waals surface area contributed by atoms with Crippen LogP contribution in [-0.4, -0.2) is 48.3 Å². The van der Waals surface area contributed by atoms with Crippen molar-refractivity contribution in [3.05, 3.63) is 74.8 Å². The van der Waals surface area contributed by atoms with Gasteiger partial charge in [0.05, 0.1) is 20.7 Å². The van der Waals surface area contributed by atoms with Gasteiger partial charge >= 0.3 is 0 Å². The summed E-state index contributed by atoms with van der Waals surface area (Å²) in [7, 11) is -2.02. The molecule has 43 heavy (non-hydrogen) atoms. The molecule has 0 atom stereocenters. The molecule has 0 bridgehead atoms. The normalized spacial score (nSPS) is 15.1. The number of nitrogens with one attached hydrogen (secondary N) is 1. The SMILES string of the molecule is CCS(=O)(=O)Nc1ccc(Oc2c(C)cc(F)cc2C)c(-c2cn(C)c(=O)c3cc(C(=O)N4CCC(C)(F)CC4)sc23)c1. The average molecular weight is 630 g/mol. The Bertz CT molecular complexity index is 1880. The molecule has 1 saturated heterocycles. The Balaban J connectivity index is 1.67. The maximum absolute atomic E-state index is 14.4. The van der Waals surface area contributed by atoms with Crippen molar-refractivity contribution in [1.29, 1.82) is 0 Å². The number of alkyl halides is 1. The number of pyridine rings is 1. The molecule has 1 aliphatic rings. The summed E-state index contributed by atoms with van der Waals surface area (Å²) < 4.78 is 64.0. The lowest BCUT2D eigenvalue weighted by molar-refractivity contribution is 0.0508. The summed E-state index contributed by atoms with van der Waals surface area (Å²) in [4.78, 5) is 28.6. The number of aryl methyl sites for hydroxylation is 3. The summed E-state index contributed by atoms with van der Waals surface area (Å²) in [6.07, 6.45) is 2.09. The third kappa shape index (κ3) is 6.30. The van der Waals surface area contributed by atoms with Gasteiger partial charge in [0, 0.05) is 43.1 Å². The first kappa shape index (κ1) is 30.7. The molecule has 0 aliphatic carbocycles. The van der Waals surface area contributed by atoms with Crippen LogP contribution >= 0.6 is 11.3 Å². The second-order valence-corrected chi connectivity index (χ2v) is 14.3. The van der Waals surface area contributed by atoms with E-state index in [4.69, 9.17) is 4.74 Å². The number of aromatic nitrogens is 1. The molecule has 12 heteroatoms. The molecule has 5 rings (SSSR count). The molecule has 0 spiro atoms. The maximum atomic E-state index is 14.4. The van der Waals surface area contributed by atoms with Crippen LogP contribution in [0.4, 0.5) is 14.5 Å².